The fourth-order valence-corrected chi connectivity index (χ4v) is 21.3. The standard InChI is InChI=1S/2C45H44BOP.CH2Cl2/c2*1-29-25-31(3)41(32(4)26-29)46(42-33(5)27-30(2)28-34(42)6)39-23-15-21-37-43(39)47-44-38(45(37,7)8)22-16-24-40(44)48(35-17-11-9-12-18-35)36-19-13-10-14-20-36;2-1-3/h2*9-28H,1-8H3;1H2. The van der Waals surface area contributed by atoms with Crippen LogP contribution in [-0.4, -0.2) is 18.8 Å². The van der Waals surface area contributed by atoms with Gasteiger partial charge in [-0.2, -0.15) is 0 Å². The predicted molar refractivity (Wildman–Crippen MR) is 436 cm³/mol. The lowest BCUT2D eigenvalue weighted by atomic mass is 9.33. The Balaban J connectivity index is 0.000000181. The van der Waals surface area contributed by atoms with Crippen LogP contribution in [0.15, 0.2) is 243 Å². The maximum atomic E-state index is 7.45. The Bertz CT molecular complexity index is 4360. The van der Waals surface area contributed by atoms with E-state index < -0.39 is 15.8 Å². The van der Waals surface area contributed by atoms with Crippen molar-refractivity contribution in [3.05, 3.63) is 332 Å². The maximum Gasteiger partial charge on any atom is 0.247 e. The molecule has 12 aromatic rings. The molecule has 0 atom stereocenters. The van der Waals surface area contributed by atoms with Crippen LogP contribution in [0.5, 0.6) is 23.0 Å². The lowest BCUT2D eigenvalue weighted by Crippen LogP contribution is -2.56. The molecule has 0 amide bonds. The molecule has 0 saturated heterocycles. The SMILES string of the molecule is Cc1cc(C)c(B(c2cccc3c2Oc2c(P(c4ccccc4)c4ccccc4)cccc2C3(C)C)c2c(C)cc(C)cc2C)c(C)c1.Cc1cc(C)c(B(c2cccc3c2Oc2c(P(c4ccccc4)c4ccccc4)cccc2C3(C)C)c2c(C)cc(C)cc2C)c(C)c1.ClCCl. The van der Waals surface area contributed by atoms with Crippen LogP contribution in [0.4, 0.5) is 0 Å². The molecule has 2 aliphatic rings. The molecule has 0 aromatic heterocycles. The summed E-state index contributed by atoms with van der Waals surface area (Å²) in [6.07, 6.45) is 0. The van der Waals surface area contributed by atoms with Gasteiger partial charge in [-0.25, -0.2) is 0 Å². The van der Waals surface area contributed by atoms with E-state index in [9.17, 15) is 0 Å². The molecule has 8 heteroatoms. The Labute approximate surface area is 603 Å². The molecule has 2 nitrogen and oxygen atoms in total. The lowest BCUT2D eigenvalue weighted by molar-refractivity contribution is 0.424. The van der Waals surface area contributed by atoms with Gasteiger partial charge in [0.1, 0.15) is 23.0 Å². The van der Waals surface area contributed by atoms with Gasteiger partial charge in [-0.3, -0.25) is 0 Å². The van der Waals surface area contributed by atoms with Crippen LogP contribution < -0.4 is 74.1 Å². The van der Waals surface area contributed by atoms with E-state index in [-0.39, 0.29) is 29.6 Å². The van der Waals surface area contributed by atoms with E-state index in [1.54, 1.807) is 0 Å². The molecular formula is C91H90B2Cl2O2P2. The summed E-state index contributed by atoms with van der Waals surface area (Å²) in [4.78, 5) is 0. The van der Waals surface area contributed by atoms with Crippen molar-refractivity contribution < 1.29 is 9.47 Å². The fraction of sp³-hybridized carbons (Fsp3) is 0.209. The van der Waals surface area contributed by atoms with Gasteiger partial charge in [0.15, 0.2) is 0 Å². The molecule has 0 bridgehead atoms. The third-order valence-electron chi connectivity index (χ3n) is 20.4. The van der Waals surface area contributed by atoms with Gasteiger partial charge in [0.25, 0.3) is 0 Å². The zero-order valence-electron chi connectivity index (χ0n) is 60.4. The smallest absolute Gasteiger partial charge is 0.247 e. The van der Waals surface area contributed by atoms with Crippen LogP contribution in [0.25, 0.3) is 0 Å². The second-order valence-electron chi connectivity index (χ2n) is 28.4. The first kappa shape index (κ1) is 70.7. The number of aryl methyl sites for hydroxylation is 12. The summed E-state index contributed by atoms with van der Waals surface area (Å²) in [5.74, 6) is 4.02. The van der Waals surface area contributed by atoms with Crippen LogP contribution in [-0.2, 0) is 10.8 Å². The summed E-state index contributed by atoms with van der Waals surface area (Å²) >= 11 is 9.53. The minimum atomic E-state index is -0.857. The molecule has 99 heavy (non-hydrogen) atoms. The highest BCUT2D eigenvalue weighted by Gasteiger charge is 2.43. The van der Waals surface area contributed by atoms with Crippen molar-refractivity contribution in [3.8, 4) is 23.0 Å². The summed E-state index contributed by atoms with van der Waals surface area (Å²) in [5, 5.41) is 8.00. The van der Waals surface area contributed by atoms with E-state index in [2.05, 4.69) is 353 Å². The Hall–Kier alpha value is -8.19. The predicted octanol–water partition coefficient (Wildman–Crippen LogP) is 17.9. The van der Waals surface area contributed by atoms with Crippen molar-refractivity contribution in [2.24, 2.45) is 0 Å². The number of benzene rings is 12. The van der Waals surface area contributed by atoms with Crippen LogP contribution in [0.3, 0.4) is 0 Å². The fourth-order valence-electron chi connectivity index (χ4n) is 16.5. The summed E-state index contributed by atoms with van der Waals surface area (Å²) in [6, 6.07) is 89.9. The van der Waals surface area contributed by atoms with Crippen LogP contribution in [0.2, 0.25) is 0 Å². The van der Waals surface area contributed by atoms with E-state index in [1.165, 1.54) is 154 Å². The minimum Gasteiger partial charge on any atom is -0.457 e. The second kappa shape index (κ2) is 29.6. The van der Waals surface area contributed by atoms with Crippen molar-refractivity contribution in [2.45, 2.75) is 122 Å². The van der Waals surface area contributed by atoms with E-state index in [1.807, 2.05) is 0 Å². The Morgan fingerprint density at radius 3 is 0.727 bits per heavy atom. The van der Waals surface area contributed by atoms with Gasteiger partial charge in [0.2, 0.25) is 13.4 Å². The third kappa shape index (κ3) is 13.8. The highest BCUT2D eigenvalue weighted by atomic mass is 35.5. The molecule has 0 aliphatic carbocycles. The van der Waals surface area contributed by atoms with Gasteiger partial charge < -0.3 is 9.47 Å². The minimum absolute atomic E-state index is 0.0235. The molecule has 14 rings (SSSR count). The number of para-hydroxylation sites is 4. The molecule has 0 saturated carbocycles. The zero-order valence-corrected chi connectivity index (χ0v) is 63.7. The number of fused-ring (bicyclic) bond motifs is 4. The number of hydrogen-bond donors (Lipinski definition) is 0. The molecule has 0 spiro atoms. The summed E-state index contributed by atoms with van der Waals surface area (Å²) < 4.78 is 14.9. The average molecular weight is 1370 g/mol. The van der Waals surface area contributed by atoms with Gasteiger partial charge in [0, 0.05) is 43.7 Å². The van der Waals surface area contributed by atoms with Crippen LogP contribution in [0, 0.1) is 83.1 Å². The summed E-state index contributed by atoms with van der Waals surface area (Å²) in [7, 11) is -1.71. The second-order valence-corrected chi connectivity index (χ2v) is 33.6. The number of alkyl halides is 2. The average Bonchev–Trinajstić information content (AvgIpc) is 0.726. The van der Waals surface area contributed by atoms with Crippen molar-refractivity contribution in [2.75, 3.05) is 5.34 Å². The van der Waals surface area contributed by atoms with E-state index >= 15 is 0 Å². The van der Waals surface area contributed by atoms with E-state index in [0.717, 1.165) is 23.0 Å². The quantitative estimate of drug-likeness (QED) is 0.0689. The van der Waals surface area contributed by atoms with Gasteiger partial charge in [-0.15, -0.1) is 23.2 Å². The van der Waals surface area contributed by atoms with E-state index in [4.69, 9.17) is 32.7 Å². The molecule has 0 fully saturated rings. The topological polar surface area (TPSA) is 18.5 Å². The number of halogens is 2. The largest absolute Gasteiger partial charge is 0.457 e. The third-order valence-corrected chi connectivity index (χ3v) is 25.4. The number of ether oxygens (including phenoxy) is 2. The lowest BCUT2D eigenvalue weighted by Gasteiger charge is -2.38. The normalized spacial score (nSPS) is 12.9. The van der Waals surface area contributed by atoms with Crippen molar-refractivity contribution in [1.29, 1.82) is 0 Å². The first-order chi connectivity index (χ1) is 47.5. The monoisotopic (exact) mass is 1370 g/mol. The molecular weight excluding hydrogens is 1280 g/mol. The molecule has 12 aromatic carbocycles. The van der Waals surface area contributed by atoms with Crippen molar-refractivity contribution in [3.63, 3.8) is 0 Å². The molecule has 0 unspecified atom stereocenters. The highest BCUT2D eigenvalue weighted by Crippen LogP contribution is 2.52. The molecule has 2 heterocycles. The first-order valence-electron chi connectivity index (χ1n) is 34.7. The molecule has 0 N–H and O–H groups in total. The highest BCUT2D eigenvalue weighted by molar-refractivity contribution is 7.80. The Morgan fingerprint density at radius 2 is 0.495 bits per heavy atom. The van der Waals surface area contributed by atoms with Gasteiger partial charge in [-0.1, -0.05) is 359 Å². The maximum absolute atomic E-state index is 7.45. The number of rotatable bonds is 12. The van der Waals surface area contributed by atoms with Gasteiger partial charge in [-0.05, 0) is 131 Å². The zero-order chi connectivity index (χ0) is 70.2. The summed E-state index contributed by atoms with van der Waals surface area (Å²) in [6.45, 7) is 36.6. The van der Waals surface area contributed by atoms with Crippen LogP contribution in [0.1, 0.15) is 117 Å². The van der Waals surface area contributed by atoms with Gasteiger partial charge in [0.05, 0.1) is 5.34 Å². The van der Waals surface area contributed by atoms with Crippen LogP contribution >= 0.6 is 39.0 Å². The first-order valence-corrected chi connectivity index (χ1v) is 38.4. The van der Waals surface area contributed by atoms with E-state index in [0.29, 0.717) is 0 Å². The molecule has 496 valence electrons. The molecule has 0 radical (unpaired) electrons. The Morgan fingerprint density at radius 1 is 0.283 bits per heavy atom. The van der Waals surface area contributed by atoms with Crippen molar-refractivity contribution >= 4 is 117 Å². The van der Waals surface area contributed by atoms with Crippen molar-refractivity contribution in [1.82, 2.24) is 0 Å². The van der Waals surface area contributed by atoms with Gasteiger partial charge >= 0.3 is 0 Å². The molecule has 2 aliphatic heterocycles. The summed E-state index contributed by atoms with van der Waals surface area (Å²) in [5.41, 5.74) is 28.2. The Kier molecular flexibility index (Phi) is 21.1. The number of hydrogen-bond acceptors (Lipinski definition) is 2.